The van der Waals surface area contributed by atoms with Crippen LogP contribution in [-0.4, -0.2) is 53.9 Å². The highest BCUT2D eigenvalue weighted by molar-refractivity contribution is 5.91. The summed E-state index contributed by atoms with van der Waals surface area (Å²) in [5.74, 6) is -0.742. The van der Waals surface area contributed by atoms with Crippen LogP contribution in [-0.2, 0) is 23.9 Å². The summed E-state index contributed by atoms with van der Waals surface area (Å²) in [5, 5.41) is 3.54. The number of amides is 2. The van der Waals surface area contributed by atoms with Crippen LogP contribution < -0.4 is 5.32 Å². The minimum Gasteiger partial charge on any atom is -0.464 e. The second-order valence-corrected chi connectivity index (χ2v) is 6.88. The molecule has 0 radical (unpaired) electrons. The molecule has 0 saturated carbocycles. The molecule has 1 aliphatic rings. The lowest BCUT2D eigenvalue weighted by Gasteiger charge is -2.43. The maximum Gasteiger partial charge on any atom is 0.408 e. The van der Waals surface area contributed by atoms with Crippen molar-refractivity contribution in [3.05, 3.63) is 0 Å². The quantitative estimate of drug-likeness (QED) is 0.582. The van der Waals surface area contributed by atoms with Crippen molar-refractivity contribution < 1.29 is 28.7 Å². The van der Waals surface area contributed by atoms with Gasteiger partial charge in [0.2, 0.25) is 0 Å². The van der Waals surface area contributed by atoms with E-state index in [9.17, 15) is 14.4 Å². The lowest BCUT2D eigenvalue weighted by atomic mass is 10.0. The molecule has 0 bridgehead atoms. The van der Waals surface area contributed by atoms with Gasteiger partial charge in [0.25, 0.3) is 5.91 Å². The van der Waals surface area contributed by atoms with Crippen molar-refractivity contribution in [3.63, 3.8) is 0 Å². The average molecular weight is 330 g/mol. The Kier molecular flexibility index (Phi) is 6.37. The molecule has 0 aliphatic carbocycles. The number of esters is 1. The van der Waals surface area contributed by atoms with Crippen molar-refractivity contribution in [3.8, 4) is 0 Å². The number of nitrogens with one attached hydrogen (secondary N) is 1. The van der Waals surface area contributed by atoms with Crippen LogP contribution in [0.2, 0.25) is 0 Å². The van der Waals surface area contributed by atoms with Gasteiger partial charge in [-0.05, 0) is 33.6 Å². The van der Waals surface area contributed by atoms with Gasteiger partial charge in [-0.2, -0.15) is 0 Å². The van der Waals surface area contributed by atoms with Gasteiger partial charge in [0, 0.05) is 0 Å². The molecule has 1 heterocycles. The Morgan fingerprint density at radius 2 is 1.91 bits per heavy atom. The molecule has 0 aromatic rings. The largest absolute Gasteiger partial charge is 0.464 e. The van der Waals surface area contributed by atoms with Gasteiger partial charge in [-0.3, -0.25) is 9.63 Å². The molecule has 0 aromatic heterocycles. The Labute approximate surface area is 136 Å². The topological polar surface area (TPSA) is 94.2 Å². The van der Waals surface area contributed by atoms with Gasteiger partial charge in [0.1, 0.15) is 11.6 Å². The van der Waals surface area contributed by atoms with Crippen LogP contribution in [0, 0.1) is 5.92 Å². The molecule has 8 nitrogen and oxygen atoms in total. The average Bonchev–Trinajstić information content (AvgIpc) is 2.40. The molecular weight excluding hydrogens is 304 g/mol. The summed E-state index contributed by atoms with van der Waals surface area (Å²) in [7, 11) is 0. The van der Waals surface area contributed by atoms with Crippen LogP contribution in [0.1, 0.15) is 41.5 Å². The molecule has 2 unspecified atom stereocenters. The fourth-order valence-electron chi connectivity index (χ4n) is 1.82. The monoisotopic (exact) mass is 330 g/mol. The third-order valence-electron chi connectivity index (χ3n) is 2.91. The van der Waals surface area contributed by atoms with E-state index < -0.39 is 35.7 Å². The first-order valence-corrected chi connectivity index (χ1v) is 7.62. The molecule has 8 heteroatoms. The summed E-state index contributed by atoms with van der Waals surface area (Å²) < 4.78 is 10.0. The molecule has 1 saturated heterocycles. The number of hydrogen-bond acceptors (Lipinski definition) is 6. The number of hydrogen-bond donors (Lipinski definition) is 1. The molecule has 23 heavy (non-hydrogen) atoms. The zero-order valence-electron chi connectivity index (χ0n) is 14.5. The van der Waals surface area contributed by atoms with Crippen molar-refractivity contribution in [1.29, 1.82) is 0 Å². The van der Waals surface area contributed by atoms with Gasteiger partial charge in [-0.25, -0.2) is 14.7 Å². The smallest absolute Gasteiger partial charge is 0.408 e. The summed E-state index contributed by atoms with van der Waals surface area (Å²) >= 11 is 0. The van der Waals surface area contributed by atoms with E-state index in [1.54, 1.807) is 27.7 Å². The fraction of sp³-hybridized carbons (Fsp3) is 0.800. The van der Waals surface area contributed by atoms with Crippen LogP contribution in [0.15, 0.2) is 0 Å². The van der Waals surface area contributed by atoms with E-state index >= 15 is 0 Å². The number of carbonyl (C=O) groups is 3. The lowest BCUT2D eigenvalue weighted by molar-refractivity contribution is -0.234. The minimum atomic E-state index is -0.725. The summed E-state index contributed by atoms with van der Waals surface area (Å²) in [4.78, 5) is 40.2. The SMILES string of the molecule is CC(C)COC(=O)CON1C(=O)C(NC(=O)OC(C)(C)C)C1C. The maximum atomic E-state index is 11.9. The highest BCUT2D eigenvalue weighted by atomic mass is 16.7. The molecule has 1 rings (SSSR count). The van der Waals surface area contributed by atoms with E-state index in [0.717, 1.165) is 5.06 Å². The van der Waals surface area contributed by atoms with E-state index in [1.165, 1.54) is 0 Å². The van der Waals surface area contributed by atoms with Crippen LogP contribution in [0.5, 0.6) is 0 Å². The van der Waals surface area contributed by atoms with Crippen molar-refractivity contribution in [2.75, 3.05) is 13.2 Å². The van der Waals surface area contributed by atoms with Crippen LogP contribution >= 0.6 is 0 Å². The van der Waals surface area contributed by atoms with Gasteiger partial charge < -0.3 is 14.8 Å². The van der Waals surface area contributed by atoms with E-state index in [-0.39, 0.29) is 12.5 Å². The summed E-state index contributed by atoms with van der Waals surface area (Å²) in [6.07, 6.45) is -0.668. The second-order valence-electron chi connectivity index (χ2n) is 6.88. The van der Waals surface area contributed by atoms with Gasteiger partial charge in [-0.1, -0.05) is 13.8 Å². The summed E-state index contributed by atoms with van der Waals surface area (Å²) in [6.45, 7) is 10.7. The molecule has 1 fully saturated rings. The fourth-order valence-corrected chi connectivity index (χ4v) is 1.82. The number of β-lactam (4-membered cyclic amide) rings is 1. The van der Waals surface area contributed by atoms with Gasteiger partial charge in [0.05, 0.1) is 12.6 Å². The molecule has 2 amide bonds. The van der Waals surface area contributed by atoms with Gasteiger partial charge in [0.15, 0.2) is 6.61 Å². The zero-order valence-corrected chi connectivity index (χ0v) is 14.5. The molecule has 0 spiro atoms. The van der Waals surface area contributed by atoms with Crippen LogP contribution in [0.25, 0.3) is 0 Å². The standard InChI is InChI=1S/C15H26N2O6/c1-9(2)7-21-11(18)8-22-17-10(3)12(13(17)19)16-14(20)23-15(4,5)6/h9-10,12H,7-8H2,1-6H3,(H,16,20). The minimum absolute atomic E-state index is 0.228. The first kappa shape index (κ1) is 19.2. The van der Waals surface area contributed by atoms with Crippen molar-refractivity contribution in [2.24, 2.45) is 5.92 Å². The number of carbonyl (C=O) groups excluding carboxylic acids is 3. The molecule has 0 aromatic carbocycles. The predicted molar refractivity (Wildman–Crippen MR) is 81.2 cm³/mol. The van der Waals surface area contributed by atoms with E-state index in [2.05, 4.69) is 5.32 Å². The Morgan fingerprint density at radius 3 is 2.39 bits per heavy atom. The molecule has 132 valence electrons. The molecule has 2 atom stereocenters. The van der Waals surface area contributed by atoms with E-state index in [4.69, 9.17) is 14.3 Å². The lowest BCUT2D eigenvalue weighted by Crippen LogP contribution is -2.69. The summed E-state index contributed by atoms with van der Waals surface area (Å²) in [6, 6.07) is -1.12. The maximum absolute atomic E-state index is 11.9. The Bertz CT molecular complexity index is 457. The van der Waals surface area contributed by atoms with E-state index in [1.807, 2.05) is 13.8 Å². The third kappa shape index (κ3) is 6.05. The Morgan fingerprint density at radius 1 is 1.30 bits per heavy atom. The normalized spacial score (nSPS) is 21.0. The zero-order chi connectivity index (χ0) is 17.8. The number of alkyl carbamates (subject to hydrolysis) is 1. The highest BCUT2D eigenvalue weighted by Gasteiger charge is 2.47. The van der Waals surface area contributed by atoms with Gasteiger partial charge in [-0.15, -0.1) is 0 Å². The molecule has 1 aliphatic heterocycles. The Balaban J connectivity index is 2.36. The second kappa shape index (κ2) is 7.63. The number of nitrogens with zero attached hydrogens (tertiary/aromatic N) is 1. The number of ether oxygens (including phenoxy) is 2. The van der Waals surface area contributed by atoms with E-state index in [0.29, 0.717) is 6.61 Å². The molecular formula is C15H26N2O6. The van der Waals surface area contributed by atoms with Crippen LogP contribution in [0.4, 0.5) is 4.79 Å². The third-order valence-corrected chi connectivity index (χ3v) is 2.91. The first-order valence-electron chi connectivity index (χ1n) is 7.62. The summed E-state index contributed by atoms with van der Waals surface area (Å²) in [5.41, 5.74) is -0.642. The Hall–Kier alpha value is -1.83. The van der Waals surface area contributed by atoms with Crippen molar-refractivity contribution in [1.82, 2.24) is 10.4 Å². The van der Waals surface area contributed by atoms with Crippen molar-refractivity contribution in [2.45, 2.75) is 59.2 Å². The van der Waals surface area contributed by atoms with Crippen LogP contribution in [0.3, 0.4) is 0 Å². The number of hydroxylamine groups is 2. The molecule has 1 N–H and O–H groups in total. The van der Waals surface area contributed by atoms with Gasteiger partial charge >= 0.3 is 12.1 Å². The first-order chi connectivity index (χ1) is 10.5. The highest BCUT2D eigenvalue weighted by Crippen LogP contribution is 2.20. The number of rotatable bonds is 6. The van der Waals surface area contributed by atoms with Crippen molar-refractivity contribution >= 4 is 18.0 Å². The predicted octanol–water partition coefficient (Wildman–Crippen LogP) is 1.24.